The van der Waals surface area contributed by atoms with Gasteiger partial charge in [0.1, 0.15) is 7.14 Å². The highest BCUT2D eigenvalue weighted by atomic mass is 32.1. The smallest absolute Gasteiger partial charge is 0.171 e. The fourth-order valence-corrected chi connectivity index (χ4v) is 15.4. The lowest BCUT2D eigenvalue weighted by molar-refractivity contribution is 0.585. The van der Waals surface area contributed by atoms with Crippen LogP contribution in [0.2, 0.25) is 0 Å². The SMILES string of the molecule is C/C=C\C.C=C/C=C(\C)P(=O)(CC)c1ccccc1.O=P(c1ccccc1)(c1ccccc1)c1cccc(-c2cccc(-c3ccc4c(c3)c3cc(-n5c6ccccc6c6ccccc65)ccc3n4-c3ccccc3)c2)c1.S. The summed E-state index contributed by atoms with van der Waals surface area (Å²) in [5.74, 6) is 0. The maximum Gasteiger partial charge on any atom is 0.171 e. The minimum atomic E-state index is -3.12. The average Bonchev–Trinajstić information content (AvgIpc) is 4.04. The van der Waals surface area contributed by atoms with Crippen LogP contribution in [0.5, 0.6) is 0 Å². The Hall–Kier alpha value is -8.17. The molecule has 0 bridgehead atoms. The highest BCUT2D eigenvalue weighted by Gasteiger charge is 2.30. The van der Waals surface area contributed by atoms with Gasteiger partial charge in [-0.3, -0.25) is 0 Å². The Labute approximate surface area is 466 Å². The molecular formula is C71H64N2O2P2S. The minimum Gasteiger partial charge on any atom is -0.314 e. The van der Waals surface area contributed by atoms with Crippen LogP contribution >= 0.6 is 27.8 Å². The van der Waals surface area contributed by atoms with Gasteiger partial charge >= 0.3 is 0 Å². The van der Waals surface area contributed by atoms with E-state index in [-0.39, 0.29) is 13.5 Å². The van der Waals surface area contributed by atoms with Crippen molar-refractivity contribution in [3.63, 3.8) is 0 Å². The summed E-state index contributed by atoms with van der Waals surface area (Å²) < 4.78 is 32.8. The van der Waals surface area contributed by atoms with Crippen LogP contribution in [0.3, 0.4) is 0 Å². The van der Waals surface area contributed by atoms with Gasteiger partial charge in [0.2, 0.25) is 0 Å². The van der Waals surface area contributed by atoms with E-state index in [2.05, 4.69) is 167 Å². The topological polar surface area (TPSA) is 44.0 Å². The number of hydrogen-bond acceptors (Lipinski definition) is 2. The highest BCUT2D eigenvalue weighted by molar-refractivity contribution is 7.85. The van der Waals surface area contributed by atoms with Gasteiger partial charge in [0.15, 0.2) is 7.14 Å². The summed E-state index contributed by atoms with van der Waals surface area (Å²) >= 11 is 0. The molecule has 78 heavy (non-hydrogen) atoms. The molecule has 0 saturated heterocycles. The first-order valence-electron chi connectivity index (χ1n) is 26.3. The van der Waals surface area contributed by atoms with E-state index in [4.69, 9.17) is 0 Å². The molecule has 0 fully saturated rings. The minimum absolute atomic E-state index is 0. The van der Waals surface area contributed by atoms with Crippen molar-refractivity contribution in [2.45, 2.75) is 27.7 Å². The number of aromatic nitrogens is 2. The summed E-state index contributed by atoms with van der Waals surface area (Å²) in [6, 6.07) is 88.2. The van der Waals surface area contributed by atoms with Crippen LogP contribution in [-0.2, 0) is 9.13 Å². The van der Waals surface area contributed by atoms with Crippen LogP contribution in [0.25, 0.3) is 77.2 Å². The van der Waals surface area contributed by atoms with E-state index in [1.54, 1.807) is 6.08 Å². The molecule has 0 aliphatic rings. The van der Waals surface area contributed by atoms with E-state index in [9.17, 15) is 4.57 Å². The molecule has 2 aromatic heterocycles. The van der Waals surface area contributed by atoms with Crippen LogP contribution in [0.15, 0.2) is 291 Å². The van der Waals surface area contributed by atoms with Crippen molar-refractivity contribution < 1.29 is 9.13 Å². The summed E-state index contributed by atoms with van der Waals surface area (Å²) in [7, 11) is -5.49. The normalized spacial score (nSPS) is 12.3. The van der Waals surface area contributed by atoms with Crippen LogP contribution in [0.4, 0.5) is 0 Å². The number of benzene rings is 10. The Morgan fingerprint density at radius 2 is 0.821 bits per heavy atom. The molecule has 1 unspecified atom stereocenters. The highest BCUT2D eigenvalue weighted by Crippen LogP contribution is 2.52. The largest absolute Gasteiger partial charge is 0.314 e. The van der Waals surface area contributed by atoms with Crippen molar-refractivity contribution in [3.05, 3.63) is 291 Å². The van der Waals surface area contributed by atoms with Gasteiger partial charge in [0, 0.05) is 60.3 Å². The Bertz CT molecular complexity index is 4100. The van der Waals surface area contributed by atoms with Crippen molar-refractivity contribution in [3.8, 4) is 33.6 Å². The van der Waals surface area contributed by atoms with Gasteiger partial charge in [0.25, 0.3) is 0 Å². The molecule has 0 saturated carbocycles. The van der Waals surface area contributed by atoms with E-state index in [0.717, 1.165) is 71.2 Å². The van der Waals surface area contributed by atoms with Crippen LogP contribution in [0, 0.1) is 0 Å². The van der Waals surface area contributed by atoms with E-state index in [0.29, 0.717) is 6.16 Å². The number of nitrogens with zero attached hydrogens (tertiary/aromatic N) is 2. The van der Waals surface area contributed by atoms with Gasteiger partial charge in [-0.2, -0.15) is 13.5 Å². The molecule has 386 valence electrons. The lowest BCUT2D eigenvalue weighted by atomic mass is 9.98. The fraction of sp³-hybridized carbons (Fsp3) is 0.0704. The molecule has 12 rings (SSSR count). The third-order valence-corrected chi connectivity index (χ3v) is 20.8. The zero-order chi connectivity index (χ0) is 53.4. The van der Waals surface area contributed by atoms with Crippen LogP contribution < -0.4 is 21.2 Å². The summed E-state index contributed by atoms with van der Waals surface area (Å²) in [4.78, 5) is 0. The third-order valence-electron chi connectivity index (χ3n) is 14.5. The van der Waals surface area contributed by atoms with Gasteiger partial charge in [-0.25, -0.2) is 0 Å². The lowest BCUT2D eigenvalue weighted by Gasteiger charge is -2.20. The molecule has 7 heteroatoms. The molecule has 12 aromatic rings. The predicted molar refractivity (Wildman–Crippen MR) is 344 cm³/mol. The molecule has 0 radical (unpaired) electrons. The van der Waals surface area contributed by atoms with Gasteiger partial charge in [-0.1, -0.05) is 226 Å². The molecule has 0 N–H and O–H groups in total. The summed E-state index contributed by atoms with van der Waals surface area (Å²) in [6.45, 7) is 11.5. The molecule has 1 atom stereocenters. The van der Waals surface area contributed by atoms with Crippen molar-refractivity contribution in [2.24, 2.45) is 0 Å². The van der Waals surface area contributed by atoms with Gasteiger partial charge in [-0.05, 0) is 115 Å². The van der Waals surface area contributed by atoms with Gasteiger partial charge in [-0.15, -0.1) is 0 Å². The van der Waals surface area contributed by atoms with E-state index >= 15 is 4.57 Å². The van der Waals surface area contributed by atoms with E-state index < -0.39 is 14.3 Å². The molecule has 2 heterocycles. The zero-order valence-electron chi connectivity index (χ0n) is 44.6. The van der Waals surface area contributed by atoms with Crippen molar-refractivity contribution in [1.29, 1.82) is 0 Å². The Morgan fingerprint density at radius 1 is 0.410 bits per heavy atom. The number of rotatable bonds is 11. The Kier molecular flexibility index (Phi) is 17.1. The Morgan fingerprint density at radius 3 is 1.35 bits per heavy atom. The molecule has 0 spiro atoms. The van der Waals surface area contributed by atoms with Crippen LogP contribution in [-0.4, -0.2) is 15.3 Å². The quantitative estimate of drug-likeness (QED) is 0.0736. The molecule has 4 nitrogen and oxygen atoms in total. The number of allylic oxidation sites excluding steroid dienone is 5. The fourth-order valence-electron chi connectivity index (χ4n) is 10.5. The summed E-state index contributed by atoms with van der Waals surface area (Å²) in [6.07, 6.45) is 8.20. The second-order valence-corrected chi connectivity index (χ2v) is 25.1. The van der Waals surface area contributed by atoms with Crippen molar-refractivity contribution in [1.82, 2.24) is 9.13 Å². The molecule has 0 aliphatic carbocycles. The molecule has 10 aromatic carbocycles. The average molecular weight is 1070 g/mol. The van der Waals surface area contributed by atoms with Crippen molar-refractivity contribution >= 4 is 92.6 Å². The first-order valence-corrected chi connectivity index (χ1v) is 29.9. The Balaban J connectivity index is 0.000000316. The molecular weight excluding hydrogens is 1010 g/mol. The first kappa shape index (κ1) is 54.6. The monoisotopic (exact) mass is 1070 g/mol. The first-order chi connectivity index (χ1) is 37.7. The maximum absolute atomic E-state index is 15.3. The number of para-hydroxylation sites is 3. The van der Waals surface area contributed by atoms with E-state index in [1.807, 2.05) is 149 Å². The lowest BCUT2D eigenvalue weighted by Crippen LogP contribution is -2.25. The number of fused-ring (bicyclic) bond motifs is 6. The third kappa shape index (κ3) is 10.6. The second-order valence-electron chi connectivity index (χ2n) is 19.0. The standard InChI is InChI=1S/C54H37N2OP.C13H17OP.C4H8.H2S/c57-58(44-21-6-2-7-22-44,45-23-8-3-9-24-45)46-25-15-18-40(35-46)38-16-14-17-39(34-38)41-30-32-53-49(36-41)50-37-43(31-33-54(50)55(53)42-19-4-1-5-20-42)56-51-28-12-10-26-47(51)48-27-11-13-29-52(48)56;1-4-9-12(3)15(14,5-2)13-10-7-6-8-11-13;1-3-4-2;/h1-37H;4,6-11H,1,5H2,2-3H3;3-4H,1-2H3;1H2/b;12-9+;4-3-;. The molecule has 0 amide bonds. The summed E-state index contributed by atoms with van der Waals surface area (Å²) in [5.41, 5.74) is 11.3. The van der Waals surface area contributed by atoms with E-state index in [1.165, 1.54) is 32.6 Å². The van der Waals surface area contributed by atoms with Crippen LogP contribution in [0.1, 0.15) is 27.7 Å². The molecule has 0 aliphatic heterocycles. The second kappa shape index (κ2) is 24.4. The summed E-state index contributed by atoms with van der Waals surface area (Å²) in [5, 5.41) is 9.23. The van der Waals surface area contributed by atoms with Gasteiger partial charge in [0.05, 0.1) is 22.1 Å². The van der Waals surface area contributed by atoms with Gasteiger partial charge < -0.3 is 18.3 Å². The maximum atomic E-state index is 15.3. The zero-order valence-corrected chi connectivity index (χ0v) is 47.4. The van der Waals surface area contributed by atoms with Crippen molar-refractivity contribution in [2.75, 3.05) is 6.16 Å². The predicted octanol–water partition coefficient (Wildman–Crippen LogP) is 18.3. The number of hydrogen-bond donors (Lipinski definition) is 0.